The molecule has 10 heteroatoms. The topological polar surface area (TPSA) is 119 Å². The molecule has 0 bridgehead atoms. The van der Waals surface area contributed by atoms with Crippen LogP contribution in [0.2, 0.25) is 0 Å². The maximum atomic E-state index is 9.24. The van der Waals surface area contributed by atoms with Crippen LogP contribution in [0.3, 0.4) is 0 Å². The Labute approximate surface area is 187 Å². The summed E-state index contributed by atoms with van der Waals surface area (Å²) in [5, 5.41) is 25.6. The largest absolute Gasteiger partial charge is 0.481 e. The second-order valence-corrected chi connectivity index (χ2v) is 8.73. The molecule has 1 aliphatic heterocycles. The fourth-order valence-electron chi connectivity index (χ4n) is 4.18. The minimum absolute atomic E-state index is 0.0382. The molecule has 2 aromatic rings. The molecule has 3 heterocycles. The molecule has 1 fully saturated rings. The summed E-state index contributed by atoms with van der Waals surface area (Å²) in [6.07, 6.45) is 6.25. The van der Waals surface area contributed by atoms with E-state index in [0.29, 0.717) is 41.3 Å². The summed E-state index contributed by atoms with van der Waals surface area (Å²) in [6.45, 7) is 5.20. The van der Waals surface area contributed by atoms with Crippen LogP contribution in [-0.4, -0.2) is 56.7 Å². The van der Waals surface area contributed by atoms with Gasteiger partial charge in [0, 0.05) is 43.4 Å². The third-order valence-corrected chi connectivity index (χ3v) is 6.56. The predicted molar refractivity (Wildman–Crippen MR) is 122 cm³/mol. The summed E-state index contributed by atoms with van der Waals surface area (Å²) in [7, 11) is 1.58. The van der Waals surface area contributed by atoms with Crippen LogP contribution in [0.5, 0.6) is 5.88 Å². The first-order valence-electron chi connectivity index (χ1n) is 10.7. The summed E-state index contributed by atoms with van der Waals surface area (Å²) >= 11 is 1.37. The van der Waals surface area contributed by atoms with Gasteiger partial charge in [0.25, 0.3) is 0 Å². The summed E-state index contributed by atoms with van der Waals surface area (Å²) in [6, 6.07) is 5.11. The van der Waals surface area contributed by atoms with E-state index in [-0.39, 0.29) is 12.6 Å². The Bertz CT molecular complexity index is 871. The number of methoxy groups -OCH3 is 1. The Balaban J connectivity index is 1.74. The third-order valence-electron chi connectivity index (χ3n) is 5.66. The molecular formula is C21H31N7O2S. The maximum absolute atomic E-state index is 9.24. The normalized spacial score (nSPS) is 21.5. The van der Waals surface area contributed by atoms with E-state index in [9.17, 15) is 5.11 Å². The summed E-state index contributed by atoms with van der Waals surface area (Å²) < 4.78 is 5.37. The lowest BCUT2D eigenvalue weighted by atomic mass is 9.88. The van der Waals surface area contributed by atoms with Crippen LogP contribution in [0, 0.1) is 11.3 Å². The number of ether oxygens (including phenoxy) is 1. The van der Waals surface area contributed by atoms with Crippen LogP contribution in [-0.2, 0) is 6.61 Å². The van der Waals surface area contributed by atoms with Crippen LogP contribution in [0.15, 0.2) is 12.3 Å². The highest BCUT2D eigenvalue weighted by Crippen LogP contribution is 2.30. The minimum atomic E-state index is -0.0382. The molecule has 0 aromatic carbocycles. The lowest BCUT2D eigenvalue weighted by molar-refractivity contribution is 0.0734. The Morgan fingerprint density at radius 1 is 1.29 bits per heavy atom. The molecule has 3 rings (SSSR count). The molecule has 0 amide bonds. The van der Waals surface area contributed by atoms with E-state index in [1.54, 1.807) is 19.4 Å². The maximum Gasteiger partial charge on any atom is 0.228 e. The number of aromatic nitrogens is 3. The average molecular weight is 446 g/mol. The molecule has 0 saturated carbocycles. The number of nitrogens with one attached hydrogen (secondary N) is 2. The van der Waals surface area contributed by atoms with Gasteiger partial charge in [-0.15, -0.1) is 0 Å². The van der Waals surface area contributed by atoms with Crippen molar-refractivity contribution < 1.29 is 9.84 Å². The molecule has 0 radical (unpaired) electrons. The van der Waals surface area contributed by atoms with E-state index in [2.05, 4.69) is 50.4 Å². The summed E-state index contributed by atoms with van der Waals surface area (Å²) in [5.74, 6) is 1.56. The number of aliphatic hydroxyl groups excluding tert-OH is 1. The van der Waals surface area contributed by atoms with Gasteiger partial charge in [0.1, 0.15) is 5.82 Å². The Morgan fingerprint density at radius 3 is 2.61 bits per heavy atom. The molecule has 0 aliphatic carbocycles. The highest BCUT2D eigenvalue weighted by molar-refractivity contribution is 7.15. The van der Waals surface area contributed by atoms with E-state index >= 15 is 0 Å². The monoisotopic (exact) mass is 445 g/mol. The van der Waals surface area contributed by atoms with Crippen LogP contribution in [0.25, 0.3) is 0 Å². The van der Waals surface area contributed by atoms with Crippen molar-refractivity contribution in [1.29, 1.82) is 5.26 Å². The van der Waals surface area contributed by atoms with E-state index in [1.165, 1.54) is 11.3 Å². The van der Waals surface area contributed by atoms with E-state index < -0.39 is 0 Å². The van der Waals surface area contributed by atoms with Crippen molar-refractivity contribution in [3.63, 3.8) is 0 Å². The molecule has 0 spiro atoms. The van der Waals surface area contributed by atoms with Gasteiger partial charge in [0.05, 0.1) is 24.7 Å². The Hall–Kier alpha value is -2.48. The number of anilines is 3. The van der Waals surface area contributed by atoms with Gasteiger partial charge in [-0.25, -0.2) is 4.98 Å². The van der Waals surface area contributed by atoms with Gasteiger partial charge in [-0.2, -0.15) is 15.2 Å². The molecule has 1 unspecified atom stereocenters. The number of hydrogen-bond donors (Lipinski definition) is 3. The zero-order valence-electron chi connectivity index (χ0n) is 18.3. The molecule has 1 aliphatic rings. The van der Waals surface area contributed by atoms with Crippen molar-refractivity contribution in [2.24, 2.45) is 0 Å². The van der Waals surface area contributed by atoms with E-state index in [1.807, 2.05) is 0 Å². The predicted octanol–water partition coefficient (Wildman–Crippen LogP) is 3.52. The van der Waals surface area contributed by atoms with Crippen molar-refractivity contribution in [2.45, 2.75) is 70.7 Å². The summed E-state index contributed by atoms with van der Waals surface area (Å²) in [5.41, 5.74) is 0. The minimum Gasteiger partial charge on any atom is -0.481 e. The third kappa shape index (κ3) is 6.03. The van der Waals surface area contributed by atoms with Crippen molar-refractivity contribution >= 4 is 28.2 Å². The molecule has 2 aromatic heterocycles. The van der Waals surface area contributed by atoms with Crippen LogP contribution in [0.4, 0.5) is 16.9 Å². The molecule has 168 valence electrons. The standard InChI is InChI=1S/C21H31N7O2S/c1-4-15-9-14(10-16(5-2)28(15)8-6-7-22)24-20-25-18(11-19(27-20)30-3)26-21-23-12-17(13-29)31-21/h11-12,14-16,29H,4-6,8-10,13H2,1-3H3,(H2,23,24,25,26,27)/t14?,15-,16+. The number of thiazole rings is 1. The summed E-state index contributed by atoms with van der Waals surface area (Å²) in [4.78, 5) is 16.6. The van der Waals surface area contributed by atoms with Gasteiger partial charge >= 0.3 is 0 Å². The first-order valence-corrected chi connectivity index (χ1v) is 11.6. The Morgan fingerprint density at radius 2 is 2.03 bits per heavy atom. The van der Waals surface area contributed by atoms with Crippen molar-refractivity contribution in [3.8, 4) is 11.9 Å². The quantitative estimate of drug-likeness (QED) is 0.504. The van der Waals surface area contributed by atoms with Crippen LogP contribution >= 0.6 is 11.3 Å². The van der Waals surface area contributed by atoms with E-state index in [0.717, 1.165) is 37.1 Å². The number of hydrogen-bond acceptors (Lipinski definition) is 10. The molecule has 3 atom stereocenters. The lowest BCUT2D eigenvalue weighted by Crippen LogP contribution is -2.52. The average Bonchev–Trinajstić information content (AvgIpc) is 3.24. The number of aliphatic hydroxyl groups is 1. The SMILES string of the molecule is CC[C@@H]1CC(Nc2nc(Nc3ncc(CO)s3)cc(OC)n2)C[C@H](CC)N1CCC#N. The van der Waals surface area contributed by atoms with Gasteiger partial charge in [0.15, 0.2) is 5.13 Å². The second kappa shape index (κ2) is 11.2. The first-order chi connectivity index (χ1) is 15.1. The van der Waals surface area contributed by atoms with Crippen molar-refractivity contribution in [1.82, 2.24) is 19.9 Å². The zero-order valence-corrected chi connectivity index (χ0v) is 19.2. The zero-order chi connectivity index (χ0) is 22.2. The van der Waals surface area contributed by atoms with Gasteiger partial charge in [-0.3, -0.25) is 4.90 Å². The molecule has 31 heavy (non-hydrogen) atoms. The lowest BCUT2D eigenvalue weighted by Gasteiger charge is -2.45. The second-order valence-electron chi connectivity index (χ2n) is 7.62. The molecular weight excluding hydrogens is 414 g/mol. The number of rotatable bonds is 10. The van der Waals surface area contributed by atoms with Gasteiger partial charge in [0.2, 0.25) is 11.8 Å². The van der Waals surface area contributed by atoms with Crippen molar-refractivity contribution in [3.05, 3.63) is 17.1 Å². The van der Waals surface area contributed by atoms with Gasteiger partial charge in [-0.05, 0) is 25.7 Å². The number of likely N-dealkylation sites (tertiary alicyclic amines) is 1. The highest BCUT2D eigenvalue weighted by atomic mass is 32.1. The molecule has 9 nitrogen and oxygen atoms in total. The Kier molecular flexibility index (Phi) is 8.40. The van der Waals surface area contributed by atoms with Gasteiger partial charge < -0.3 is 20.5 Å². The van der Waals surface area contributed by atoms with Gasteiger partial charge in [-0.1, -0.05) is 25.2 Å². The highest BCUT2D eigenvalue weighted by Gasteiger charge is 2.33. The van der Waals surface area contributed by atoms with Crippen LogP contribution in [0.1, 0.15) is 50.8 Å². The number of nitriles is 1. The molecule has 3 N–H and O–H groups in total. The number of nitrogens with zero attached hydrogens (tertiary/aromatic N) is 5. The fourth-order valence-corrected chi connectivity index (χ4v) is 4.85. The van der Waals surface area contributed by atoms with Crippen molar-refractivity contribution in [2.75, 3.05) is 24.3 Å². The molecule has 1 saturated heterocycles. The van der Waals surface area contributed by atoms with Crippen LogP contribution < -0.4 is 15.4 Å². The smallest absolute Gasteiger partial charge is 0.228 e. The first kappa shape index (κ1) is 23.2. The fraction of sp³-hybridized carbons (Fsp3) is 0.619. The number of piperidine rings is 1. The van der Waals surface area contributed by atoms with E-state index in [4.69, 9.17) is 10.00 Å².